The van der Waals surface area contributed by atoms with Crippen LogP contribution in [0.15, 0.2) is 48.0 Å². The van der Waals surface area contributed by atoms with Crippen molar-refractivity contribution < 1.29 is 23.9 Å². The Hall–Kier alpha value is -3.76. The molecule has 0 unspecified atom stereocenters. The van der Waals surface area contributed by atoms with Gasteiger partial charge in [0, 0.05) is 5.02 Å². The number of anilines is 1. The zero-order valence-electron chi connectivity index (χ0n) is 15.3. The zero-order chi connectivity index (χ0) is 21.0. The maximum atomic E-state index is 12.9. The third-order valence-corrected chi connectivity index (χ3v) is 4.25. The number of urea groups is 1. The number of benzene rings is 2. The van der Waals surface area contributed by atoms with Gasteiger partial charge in [-0.3, -0.25) is 14.9 Å². The van der Waals surface area contributed by atoms with Crippen molar-refractivity contribution in [3.8, 4) is 23.8 Å². The van der Waals surface area contributed by atoms with Crippen molar-refractivity contribution >= 4 is 41.2 Å². The predicted octanol–water partition coefficient (Wildman–Crippen LogP) is 3.03. The maximum Gasteiger partial charge on any atom is 0.335 e. The second-order valence-electron chi connectivity index (χ2n) is 5.84. The number of methoxy groups -OCH3 is 1. The summed E-state index contributed by atoms with van der Waals surface area (Å²) in [6.45, 7) is 0.0653. The van der Waals surface area contributed by atoms with Crippen molar-refractivity contribution in [1.29, 1.82) is 0 Å². The second kappa shape index (κ2) is 8.50. The number of nitrogens with one attached hydrogen (secondary N) is 1. The van der Waals surface area contributed by atoms with Crippen LogP contribution in [0.3, 0.4) is 0 Å². The molecular formula is C21H15ClN2O5. The molecule has 146 valence electrons. The van der Waals surface area contributed by atoms with Crippen molar-refractivity contribution in [2.75, 3.05) is 18.6 Å². The first-order valence-electron chi connectivity index (χ1n) is 8.36. The first-order chi connectivity index (χ1) is 13.9. The van der Waals surface area contributed by atoms with Crippen LogP contribution in [0.1, 0.15) is 5.56 Å². The molecule has 0 spiro atoms. The molecule has 4 amide bonds. The van der Waals surface area contributed by atoms with Gasteiger partial charge in [0.15, 0.2) is 11.5 Å². The molecule has 0 radical (unpaired) electrons. The number of rotatable bonds is 5. The summed E-state index contributed by atoms with van der Waals surface area (Å²) >= 11 is 5.85. The molecular weight excluding hydrogens is 396 g/mol. The molecule has 0 aliphatic carbocycles. The Morgan fingerprint density at radius 2 is 1.86 bits per heavy atom. The summed E-state index contributed by atoms with van der Waals surface area (Å²) in [6.07, 6.45) is 6.55. The summed E-state index contributed by atoms with van der Waals surface area (Å²) in [7, 11) is 1.45. The first kappa shape index (κ1) is 20.0. The van der Waals surface area contributed by atoms with Crippen molar-refractivity contribution in [3.05, 3.63) is 58.6 Å². The molecule has 1 saturated heterocycles. The fourth-order valence-corrected chi connectivity index (χ4v) is 2.79. The molecule has 0 aromatic heterocycles. The van der Waals surface area contributed by atoms with Crippen LogP contribution in [0.4, 0.5) is 10.5 Å². The molecule has 2 aromatic carbocycles. The van der Waals surface area contributed by atoms with Crippen LogP contribution in [0.5, 0.6) is 11.5 Å². The van der Waals surface area contributed by atoms with E-state index in [0.717, 1.165) is 4.90 Å². The summed E-state index contributed by atoms with van der Waals surface area (Å²) in [5.74, 6) is 1.60. The van der Waals surface area contributed by atoms with E-state index in [9.17, 15) is 14.4 Å². The smallest absolute Gasteiger partial charge is 0.335 e. The van der Waals surface area contributed by atoms with Gasteiger partial charge in [0.25, 0.3) is 11.8 Å². The summed E-state index contributed by atoms with van der Waals surface area (Å²) < 4.78 is 10.6. The van der Waals surface area contributed by atoms with E-state index < -0.39 is 17.8 Å². The fourth-order valence-electron chi connectivity index (χ4n) is 2.66. The second-order valence-corrected chi connectivity index (χ2v) is 6.27. The minimum absolute atomic E-state index is 0.0653. The van der Waals surface area contributed by atoms with Gasteiger partial charge in [-0.05, 0) is 48.0 Å². The lowest BCUT2D eigenvalue weighted by Gasteiger charge is -2.26. The first-order valence-corrected chi connectivity index (χ1v) is 8.73. The Kier molecular flexibility index (Phi) is 5.86. The highest BCUT2D eigenvalue weighted by molar-refractivity contribution is 6.39. The third-order valence-electron chi connectivity index (χ3n) is 4.00. The van der Waals surface area contributed by atoms with Crippen molar-refractivity contribution in [3.63, 3.8) is 0 Å². The zero-order valence-corrected chi connectivity index (χ0v) is 16.0. The van der Waals surface area contributed by atoms with Crippen molar-refractivity contribution in [1.82, 2.24) is 5.32 Å². The van der Waals surface area contributed by atoms with Gasteiger partial charge in [-0.15, -0.1) is 6.42 Å². The molecule has 1 N–H and O–H groups in total. The third kappa shape index (κ3) is 4.23. The molecule has 7 nitrogen and oxygen atoms in total. The largest absolute Gasteiger partial charge is 0.493 e. The normalized spacial score (nSPS) is 15.1. The number of terminal acetylenes is 1. The number of carbonyl (C=O) groups is 3. The molecule has 1 aliphatic rings. The molecule has 1 fully saturated rings. The van der Waals surface area contributed by atoms with E-state index in [-0.39, 0.29) is 17.9 Å². The maximum absolute atomic E-state index is 12.9. The minimum atomic E-state index is -0.838. The van der Waals surface area contributed by atoms with Gasteiger partial charge in [-0.1, -0.05) is 23.6 Å². The van der Waals surface area contributed by atoms with Crippen LogP contribution in [-0.4, -0.2) is 31.6 Å². The highest BCUT2D eigenvalue weighted by Crippen LogP contribution is 2.30. The molecule has 3 rings (SSSR count). The van der Waals surface area contributed by atoms with E-state index in [1.54, 1.807) is 18.2 Å². The number of barbiturate groups is 1. The summed E-state index contributed by atoms with van der Waals surface area (Å²) in [5.41, 5.74) is 0.573. The highest BCUT2D eigenvalue weighted by atomic mass is 35.5. The summed E-state index contributed by atoms with van der Waals surface area (Å²) in [5, 5.41) is 2.61. The predicted molar refractivity (Wildman–Crippen MR) is 108 cm³/mol. The monoisotopic (exact) mass is 410 g/mol. The van der Waals surface area contributed by atoms with E-state index in [1.807, 2.05) is 0 Å². The van der Waals surface area contributed by atoms with Crippen LogP contribution in [0, 0.1) is 12.3 Å². The molecule has 1 heterocycles. The van der Waals surface area contributed by atoms with E-state index in [2.05, 4.69) is 11.2 Å². The van der Waals surface area contributed by atoms with Gasteiger partial charge in [-0.2, -0.15) is 0 Å². The topological polar surface area (TPSA) is 84.9 Å². The van der Waals surface area contributed by atoms with Crippen LogP contribution in [0.25, 0.3) is 6.08 Å². The van der Waals surface area contributed by atoms with Crippen LogP contribution in [0.2, 0.25) is 5.02 Å². The van der Waals surface area contributed by atoms with E-state index >= 15 is 0 Å². The van der Waals surface area contributed by atoms with Gasteiger partial charge in [-0.25, -0.2) is 9.69 Å². The molecule has 2 aromatic rings. The number of amides is 4. The average molecular weight is 411 g/mol. The highest BCUT2D eigenvalue weighted by Gasteiger charge is 2.36. The molecule has 0 saturated carbocycles. The standard InChI is InChI=1S/C21H15ClN2O5/c1-3-10-29-17-9-4-13(12-18(17)28-2)11-16-19(25)23-21(27)24(20(16)26)15-7-5-14(22)6-8-15/h1,4-9,11-12H,10H2,2H3,(H,23,25,27)/b16-11-. The average Bonchev–Trinajstić information content (AvgIpc) is 2.71. The number of imide groups is 2. The van der Waals surface area contributed by atoms with Crippen molar-refractivity contribution in [2.24, 2.45) is 0 Å². The van der Waals surface area contributed by atoms with Crippen LogP contribution >= 0.6 is 11.6 Å². The molecule has 29 heavy (non-hydrogen) atoms. The Bertz CT molecular complexity index is 1050. The Balaban J connectivity index is 1.96. The van der Waals surface area contributed by atoms with Gasteiger partial charge in [0.05, 0.1) is 12.8 Å². The van der Waals surface area contributed by atoms with Gasteiger partial charge in [0.1, 0.15) is 12.2 Å². The molecule has 8 heteroatoms. The number of hydrogen-bond acceptors (Lipinski definition) is 5. The number of ether oxygens (including phenoxy) is 2. The Labute approximate surface area is 171 Å². The lowest BCUT2D eigenvalue weighted by molar-refractivity contribution is -0.122. The Morgan fingerprint density at radius 3 is 2.52 bits per heavy atom. The number of hydrogen-bond donors (Lipinski definition) is 1. The Morgan fingerprint density at radius 1 is 1.14 bits per heavy atom. The minimum Gasteiger partial charge on any atom is -0.493 e. The summed E-state index contributed by atoms with van der Waals surface area (Å²) in [6, 6.07) is 10.1. The molecule has 0 bridgehead atoms. The van der Waals surface area contributed by atoms with E-state index in [0.29, 0.717) is 22.1 Å². The summed E-state index contributed by atoms with van der Waals surface area (Å²) in [4.78, 5) is 38.2. The fraction of sp³-hybridized carbons (Fsp3) is 0.0952. The van der Waals surface area contributed by atoms with E-state index in [4.69, 9.17) is 27.5 Å². The van der Waals surface area contributed by atoms with Gasteiger partial charge < -0.3 is 9.47 Å². The number of halogens is 1. The number of carbonyl (C=O) groups excluding carboxylic acids is 3. The van der Waals surface area contributed by atoms with Gasteiger partial charge in [0.2, 0.25) is 0 Å². The molecule has 1 aliphatic heterocycles. The quantitative estimate of drug-likeness (QED) is 0.465. The number of nitrogens with zero attached hydrogens (tertiary/aromatic N) is 1. The SMILES string of the molecule is C#CCOc1ccc(/C=C2/C(=O)NC(=O)N(c3ccc(Cl)cc3)C2=O)cc1OC. The van der Waals surface area contributed by atoms with E-state index in [1.165, 1.54) is 37.5 Å². The van der Waals surface area contributed by atoms with Gasteiger partial charge >= 0.3 is 6.03 Å². The lowest BCUT2D eigenvalue weighted by atomic mass is 10.1. The molecule has 0 atom stereocenters. The van der Waals surface area contributed by atoms with Crippen LogP contribution < -0.4 is 19.7 Å². The van der Waals surface area contributed by atoms with Crippen LogP contribution in [-0.2, 0) is 9.59 Å². The van der Waals surface area contributed by atoms with Crippen molar-refractivity contribution in [2.45, 2.75) is 0 Å². The lowest BCUT2D eigenvalue weighted by Crippen LogP contribution is -2.54.